The molecule has 19 heavy (non-hydrogen) atoms. The summed E-state index contributed by atoms with van der Waals surface area (Å²) in [5, 5.41) is 3.47. The lowest BCUT2D eigenvalue weighted by molar-refractivity contribution is 0.0727. The van der Waals surface area contributed by atoms with Crippen molar-refractivity contribution in [3.63, 3.8) is 0 Å². The number of aromatic nitrogens is 1. The number of nitrogens with one attached hydrogen (secondary N) is 1. The fourth-order valence-electron chi connectivity index (χ4n) is 2.68. The van der Waals surface area contributed by atoms with E-state index >= 15 is 0 Å². The smallest absolute Gasteiger partial charge is 0.272 e. The first kappa shape index (κ1) is 12.6. The topological polar surface area (TPSA) is 45.2 Å². The molecule has 102 valence electrons. The fourth-order valence-corrected chi connectivity index (χ4v) is 2.68. The minimum Gasteiger partial charge on any atom is -0.335 e. The zero-order chi connectivity index (χ0) is 13.1. The molecule has 0 radical (unpaired) electrons. The molecule has 1 unspecified atom stereocenters. The Morgan fingerprint density at radius 1 is 1.32 bits per heavy atom. The van der Waals surface area contributed by atoms with Crippen LogP contribution >= 0.6 is 0 Å². The Bertz CT molecular complexity index is 424. The summed E-state index contributed by atoms with van der Waals surface area (Å²) in [5.41, 5.74) is 0.571. The van der Waals surface area contributed by atoms with Gasteiger partial charge in [-0.1, -0.05) is 6.07 Å². The summed E-state index contributed by atoms with van der Waals surface area (Å²) >= 11 is 0. The molecule has 2 heterocycles. The van der Waals surface area contributed by atoms with E-state index in [0.29, 0.717) is 17.7 Å². The molecule has 1 aromatic heterocycles. The van der Waals surface area contributed by atoms with Crippen LogP contribution in [0.15, 0.2) is 24.4 Å². The molecule has 1 N–H and O–H groups in total. The maximum atomic E-state index is 12.5. The van der Waals surface area contributed by atoms with Gasteiger partial charge in [-0.15, -0.1) is 0 Å². The highest BCUT2D eigenvalue weighted by atomic mass is 16.2. The zero-order valence-corrected chi connectivity index (χ0v) is 11.2. The van der Waals surface area contributed by atoms with Gasteiger partial charge in [-0.05, 0) is 50.3 Å². The van der Waals surface area contributed by atoms with Gasteiger partial charge in [0, 0.05) is 25.3 Å². The van der Waals surface area contributed by atoms with Gasteiger partial charge in [0.2, 0.25) is 0 Å². The number of rotatable bonds is 5. The second kappa shape index (κ2) is 5.70. The number of carbonyl (C=O) groups is 1. The van der Waals surface area contributed by atoms with E-state index in [2.05, 4.69) is 10.3 Å². The van der Waals surface area contributed by atoms with Crippen LogP contribution in [0.25, 0.3) is 0 Å². The van der Waals surface area contributed by atoms with Gasteiger partial charge >= 0.3 is 0 Å². The van der Waals surface area contributed by atoms with E-state index in [1.165, 1.54) is 25.7 Å². The van der Waals surface area contributed by atoms with Crippen LogP contribution in [0.5, 0.6) is 0 Å². The maximum Gasteiger partial charge on any atom is 0.272 e. The molecule has 1 saturated carbocycles. The van der Waals surface area contributed by atoms with Crippen molar-refractivity contribution in [2.75, 3.05) is 19.6 Å². The molecule has 1 atom stereocenters. The number of pyridine rings is 1. The lowest BCUT2D eigenvalue weighted by Gasteiger charge is -2.25. The average Bonchev–Trinajstić information content (AvgIpc) is 3.12. The maximum absolute atomic E-state index is 12.5. The highest BCUT2D eigenvalue weighted by molar-refractivity contribution is 5.92. The van der Waals surface area contributed by atoms with Crippen molar-refractivity contribution in [2.24, 2.45) is 5.92 Å². The summed E-state index contributed by atoms with van der Waals surface area (Å²) in [4.78, 5) is 18.7. The zero-order valence-electron chi connectivity index (χ0n) is 11.2. The van der Waals surface area contributed by atoms with E-state index in [-0.39, 0.29) is 5.91 Å². The Hall–Kier alpha value is -1.42. The molecule has 2 fully saturated rings. The molecule has 2 aliphatic rings. The van der Waals surface area contributed by atoms with Crippen LogP contribution in [0.4, 0.5) is 0 Å². The normalized spacial score (nSPS) is 22.4. The Labute approximate surface area is 114 Å². The Morgan fingerprint density at radius 2 is 2.21 bits per heavy atom. The van der Waals surface area contributed by atoms with E-state index in [9.17, 15) is 4.79 Å². The SMILES string of the molecule is O=C(c1ccccn1)N(CC1CC1)CC1CCCN1. The minimum atomic E-state index is 0.0844. The molecule has 0 spiro atoms. The standard InChI is InChI=1S/C15H21N3O/c19-15(14-5-1-2-8-17-14)18(10-12-6-7-12)11-13-4-3-9-16-13/h1-2,5,8,12-13,16H,3-4,6-7,9-11H2. The Kier molecular flexibility index (Phi) is 3.78. The molecule has 0 bridgehead atoms. The van der Waals surface area contributed by atoms with Crippen molar-refractivity contribution >= 4 is 5.91 Å². The first-order valence-corrected chi connectivity index (χ1v) is 7.26. The first-order chi connectivity index (χ1) is 9.33. The Morgan fingerprint density at radius 3 is 2.84 bits per heavy atom. The molecule has 4 nitrogen and oxygen atoms in total. The summed E-state index contributed by atoms with van der Waals surface area (Å²) in [5.74, 6) is 0.801. The second-order valence-electron chi connectivity index (χ2n) is 5.66. The average molecular weight is 259 g/mol. The third kappa shape index (κ3) is 3.32. The number of nitrogens with zero attached hydrogens (tertiary/aromatic N) is 2. The van der Waals surface area contributed by atoms with E-state index in [0.717, 1.165) is 19.6 Å². The summed E-state index contributed by atoms with van der Waals surface area (Å²) < 4.78 is 0. The fraction of sp³-hybridized carbons (Fsp3) is 0.600. The molecule has 4 heteroatoms. The lowest BCUT2D eigenvalue weighted by atomic mass is 10.2. The van der Waals surface area contributed by atoms with Gasteiger partial charge < -0.3 is 10.2 Å². The number of hydrogen-bond acceptors (Lipinski definition) is 3. The van der Waals surface area contributed by atoms with Crippen LogP contribution in [-0.2, 0) is 0 Å². The molecule has 1 aliphatic carbocycles. The summed E-state index contributed by atoms with van der Waals surface area (Å²) in [7, 11) is 0. The number of amides is 1. The van der Waals surface area contributed by atoms with Crippen LogP contribution in [0.2, 0.25) is 0 Å². The van der Waals surface area contributed by atoms with Crippen molar-refractivity contribution < 1.29 is 4.79 Å². The van der Waals surface area contributed by atoms with Gasteiger partial charge in [0.15, 0.2) is 0 Å². The molecule has 1 saturated heterocycles. The molecule has 1 aliphatic heterocycles. The van der Waals surface area contributed by atoms with Crippen LogP contribution in [-0.4, -0.2) is 41.5 Å². The highest BCUT2D eigenvalue weighted by Gasteiger charge is 2.29. The molecule has 1 amide bonds. The third-order valence-corrected chi connectivity index (χ3v) is 3.95. The van der Waals surface area contributed by atoms with Gasteiger partial charge in [-0.2, -0.15) is 0 Å². The molecular formula is C15H21N3O. The highest BCUT2D eigenvalue weighted by Crippen LogP contribution is 2.30. The quantitative estimate of drug-likeness (QED) is 0.875. The molecule has 1 aromatic rings. The molecular weight excluding hydrogens is 238 g/mol. The van der Waals surface area contributed by atoms with Gasteiger partial charge in [0.05, 0.1) is 0 Å². The van der Waals surface area contributed by atoms with Crippen LogP contribution in [0, 0.1) is 5.92 Å². The Balaban J connectivity index is 1.68. The van der Waals surface area contributed by atoms with E-state index in [1.807, 2.05) is 23.1 Å². The van der Waals surface area contributed by atoms with Gasteiger partial charge in [-0.25, -0.2) is 0 Å². The van der Waals surface area contributed by atoms with Gasteiger partial charge in [-0.3, -0.25) is 9.78 Å². The predicted octanol–water partition coefficient (Wildman–Crippen LogP) is 1.69. The van der Waals surface area contributed by atoms with Crippen molar-refractivity contribution in [1.29, 1.82) is 0 Å². The van der Waals surface area contributed by atoms with Crippen LogP contribution in [0.1, 0.15) is 36.2 Å². The van der Waals surface area contributed by atoms with Crippen molar-refractivity contribution in [1.82, 2.24) is 15.2 Å². The van der Waals surface area contributed by atoms with Crippen LogP contribution in [0.3, 0.4) is 0 Å². The third-order valence-electron chi connectivity index (χ3n) is 3.95. The van der Waals surface area contributed by atoms with Crippen LogP contribution < -0.4 is 5.32 Å². The first-order valence-electron chi connectivity index (χ1n) is 7.26. The van der Waals surface area contributed by atoms with Gasteiger partial charge in [0.25, 0.3) is 5.91 Å². The lowest BCUT2D eigenvalue weighted by Crippen LogP contribution is -2.42. The minimum absolute atomic E-state index is 0.0844. The van der Waals surface area contributed by atoms with E-state index in [1.54, 1.807) is 6.20 Å². The van der Waals surface area contributed by atoms with Crippen molar-refractivity contribution in [3.05, 3.63) is 30.1 Å². The van der Waals surface area contributed by atoms with E-state index < -0.39 is 0 Å². The molecule has 3 rings (SSSR count). The summed E-state index contributed by atoms with van der Waals surface area (Å²) in [6, 6.07) is 6.00. The largest absolute Gasteiger partial charge is 0.335 e. The number of hydrogen-bond donors (Lipinski definition) is 1. The van der Waals surface area contributed by atoms with Crippen molar-refractivity contribution in [3.8, 4) is 0 Å². The number of carbonyl (C=O) groups excluding carboxylic acids is 1. The monoisotopic (exact) mass is 259 g/mol. The molecule has 0 aromatic carbocycles. The summed E-state index contributed by atoms with van der Waals surface area (Å²) in [6.07, 6.45) is 6.63. The second-order valence-corrected chi connectivity index (χ2v) is 5.66. The predicted molar refractivity (Wildman–Crippen MR) is 73.9 cm³/mol. The van der Waals surface area contributed by atoms with Gasteiger partial charge in [0.1, 0.15) is 5.69 Å². The van der Waals surface area contributed by atoms with Crippen molar-refractivity contribution in [2.45, 2.75) is 31.7 Å². The van der Waals surface area contributed by atoms with E-state index in [4.69, 9.17) is 0 Å². The summed E-state index contributed by atoms with van der Waals surface area (Å²) in [6.45, 7) is 2.80.